The highest BCUT2D eigenvalue weighted by atomic mass is 32.2. The highest BCUT2D eigenvalue weighted by molar-refractivity contribution is 7.88. The summed E-state index contributed by atoms with van der Waals surface area (Å²) in [6.07, 6.45) is 0.552. The molecule has 1 aromatic heterocycles. The van der Waals surface area contributed by atoms with Gasteiger partial charge in [0.05, 0.1) is 16.8 Å². The molecular weight excluding hydrogens is 326 g/mol. The van der Waals surface area contributed by atoms with Crippen LogP contribution in [-0.4, -0.2) is 24.9 Å². The fourth-order valence-electron chi connectivity index (χ4n) is 2.66. The van der Waals surface area contributed by atoms with Gasteiger partial charge in [0.25, 0.3) is 0 Å². The van der Waals surface area contributed by atoms with Gasteiger partial charge in [-0.25, -0.2) is 17.9 Å². The number of sulfonamides is 1. The van der Waals surface area contributed by atoms with E-state index in [0.717, 1.165) is 27.7 Å². The SMILES string of the molecule is Cc1cccc(CS(=O)(=O)NCCc2ccc3[nH]c(=O)[nH]c3c2)c1. The van der Waals surface area contributed by atoms with Crippen LogP contribution in [0.1, 0.15) is 16.7 Å². The van der Waals surface area contributed by atoms with Crippen LogP contribution in [0.5, 0.6) is 0 Å². The minimum Gasteiger partial charge on any atom is -0.306 e. The number of rotatable bonds is 6. The van der Waals surface area contributed by atoms with Gasteiger partial charge in [0.15, 0.2) is 0 Å². The van der Waals surface area contributed by atoms with Crippen LogP contribution in [0.2, 0.25) is 0 Å². The number of benzene rings is 2. The van der Waals surface area contributed by atoms with Crippen molar-refractivity contribution < 1.29 is 8.42 Å². The Kier molecular flexibility index (Phi) is 4.55. The van der Waals surface area contributed by atoms with Crippen molar-refractivity contribution in [1.82, 2.24) is 14.7 Å². The van der Waals surface area contributed by atoms with Gasteiger partial charge < -0.3 is 9.97 Å². The molecule has 6 nitrogen and oxygen atoms in total. The van der Waals surface area contributed by atoms with Crippen LogP contribution in [0.15, 0.2) is 47.3 Å². The fraction of sp³-hybridized carbons (Fsp3) is 0.235. The lowest BCUT2D eigenvalue weighted by atomic mass is 10.1. The van der Waals surface area contributed by atoms with E-state index in [2.05, 4.69) is 14.7 Å². The van der Waals surface area contributed by atoms with E-state index in [9.17, 15) is 13.2 Å². The van der Waals surface area contributed by atoms with Crippen molar-refractivity contribution in [2.24, 2.45) is 0 Å². The van der Waals surface area contributed by atoms with E-state index in [1.165, 1.54) is 0 Å². The maximum absolute atomic E-state index is 12.2. The molecule has 0 aliphatic carbocycles. The van der Waals surface area contributed by atoms with Crippen molar-refractivity contribution in [3.63, 3.8) is 0 Å². The van der Waals surface area contributed by atoms with E-state index >= 15 is 0 Å². The molecule has 0 saturated carbocycles. The number of fused-ring (bicyclic) bond motifs is 1. The molecule has 0 radical (unpaired) electrons. The molecule has 0 amide bonds. The summed E-state index contributed by atoms with van der Waals surface area (Å²) in [6, 6.07) is 13.0. The molecule has 0 aliphatic rings. The third kappa shape index (κ3) is 4.12. The van der Waals surface area contributed by atoms with Crippen LogP contribution in [0.25, 0.3) is 11.0 Å². The van der Waals surface area contributed by atoms with Gasteiger partial charge in [-0.15, -0.1) is 0 Å². The lowest BCUT2D eigenvalue weighted by Gasteiger charge is -2.07. The molecule has 0 atom stereocenters. The zero-order valence-electron chi connectivity index (χ0n) is 13.3. The molecule has 2 aromatic carbocycles. The van der Waals surface area contributed by atoms with Crippen LogP contribution in [0.4, 0.5) is 0 Å². The minimum atomic E-state index is -3.37. The maximum Gasteiger partial charge on any atom is 0.323 e. The maximum atomic E-state index is 12.2. The van der Waals surface area contributed by atoms with Gasteiger partial charge >= 0.3 is 5.69 Å². The van der Waals surface area contributed by atoms with Gasteiger partial charge in [-0.3, -0.25) is 0 Å². The van der Waals surface area contributed by atoms with E-state index in [-0.39, 0.29) is 11.4 Å². The Balaban J connectivity index is 1.60. The molecule has 3 N–H and O–H groups in total. The number of hydrogen-bond acceptors (Lipinski definition) is 3. The van der Waals surface area contributed by atoms with Gasteiger partial charge in [-0.2, -0.15) is 0 Å². The predicted molar refractivity (Wildman–Crippen MR) is 94.4 cm³/mol. The third-order valence-corrected chi connectivity index (χ3v) is 5.11. The number of H-pyrrole nitrogens is 2. The summed E-state index contributed by atoms with van der Waals surface area (Å²) in [5, 5.41) is 0. The second kappa shape index (κ2) is 6.62. The molecule has 3 aromatic rings. The lowest BCUT2D eigenvalue weighted by molar-refractivity contribution is 0.581. The summed E-state index contributed by atoms with van der Waals surface area (Å²) >= 11 is 0. The first-order valence-corrected chi connectivity index (χ1v) is 9.30. The molecule has 0 unspecified atom stereocenters. The summed E-state index contributed by atoms with van der Waals surface area (Å²) in [7, 11) is -3.37. The Morgan fingerprint density at radius 3 is 2.58 bits per heavy atom. The normalized spacial score (nSPS) is 11.9. The minimum absolute atomic E-state index is 0.0289. The largest absolute Gasteiger partial charge is 0.323 e. The third-order valence-electron chi connectivity index (χ3n) is 3.76. The van der Waals surface area contributed by atoms with Gasteiger partial charge in [-0.1, -0.05) is 35.9 Å². The Morgan fingerprint density at radius 2 is 1.79 bits per heavy atom. The highest BCUT2D eigenvalue weighted by Gasteiger charge is 2.11. The van der Waals surface area contributed by atoms with Gasteiger partial charge in [0.1, 0.15) is 0 Å². The number of imidazole rings is 1. The van der Waals surface area contributed by atoms with Crippen molar-refractivity contribution in [1.29, 1.82) is 0 Å². The van der Waals surface area contributed by atoms with Gasteiger partial charge in [0, 0.05) is 6.54 Å². The quantitative estimate of drug-likeness (QED) is 0.636. The Labute approximate surface area is 140 Å². The fourth-order valence-corrected chi connectivity index (χ4v) is 3.79. The standard InChI is InChI=1S/C17H19N3O3S/c1-12-3-2-4-14(9-12)11-24(22,23)18-8-7-13-5-6-15-16(10-13)20-17(21)19-15/h2-6,9-10,18H,7-8,11H2,1H3,(H2,19,20,21). The molecule has 0 saturated heterocycles. The van der Waals surface area contributed by atoms with E-state index in [1.807, 2.05) is 49.4 Å². The summed E-state index contributed by atoms with van der Waals surface area (Å²) < 4.78 is 26.9. The number of hydrogen-bond donors (Lipinski definition) is 3. The van der Waals surface area contributed by atoms with E-state index in [1.54, 1.807) is 0 Å². The number of nitrogens with one attached hydrogen (secondary N) is 3. The average Bonchev–Trinajstić information content (AvgIpc) is 2.86. The van der Waals surface area contributed by atoms with Crippen molar-refractivity contribution in [2.45, 2.75) is 19.1 Å². The smallest absolute Gasteiger partial charge is 0.306 e. The predicted octanol–water partition coefficient (Wildman–Crippen LogP) is 1.83. The van der Waals surface area contributed by atoms with Crippen LogP contribution in [-0.2, 0) is 22.2 Å². The number of aromatic amines is 2. The monoisotopic (exact) mass is 345 g/mol. The second-order valence-corrected chi connectivity index (χ2v) is 7.66. The van der Waals surface area contributed by atoms with E-state index < -0.39 is 10.0 Å². The zero-order chi connectivity index (χ0) is 17.2. The van der Waals surface area contributed by atoms with Crippen molar-refractivity contribution in [3.05, 3.63) is 69.6 Å². The van der Waals surface area contributed by atoms with E-state index in [4.69, 9.17) is 0 Å². The first kappa shape index (κ1) is 16.5. The molecule has 3 rings (SSSR count). The lowest BCUT2D eigenvalue weighted by Crippen LogP contribution is -2.27. The Hall–Kier alpha value is -2.38. The van der Waals surface area contributed by atoms with Crippen LogP contribution in [0, 0.1) is 6.92 Å². The van der Waals surface area contributed by atoms with Crippen LogP contribution < -0.4 is 10.4 Å². The summed E-state index contributed by atoms with van der Waals surface area (Å²) in [5.41, 5.74) is 3.98. The number of aryl methyl sites for hydroxylation is 1. The zero-order valence-corrected chi connectivity index (χ0v) is 14.1. The Bertz CT molecular complexity index is 1020. The van der Waals surface area contributed by atoms with Gasteiger partial charge in [0.2, 0.25) is 10.0 Å². The molecule has 126 valence electrons. The second-order valence-electron chi connectivity index (χ2n) is 5.85. The summed E-state index contributed by atoms with van der Waals surface area (Å²) in [6.45, 7) is 2.25. The molecule has 24 heavy (non-hydrogen) atoms. The molecule has 0 fully saturated rings. The average molecular weight is 345 g/mol. The van der Waals surface area contributed by atoms with Crippen molar-refractivity contribution in [2.75, 3.05) is 6.54 Å². The molecular formula is C17H19N3O3S. The topological polar surface area (TPSA) is 94.8 Å². The summed E-state index contributed by atoms with van der Waals surface area (Å²) in [4.78, 5) is 16.6. The van der Waals surface area contributed by atoms with Crippen LogP contribution >= 0.6 is 0 Å². The Morgan fingerprint density at radius 1 is 1.00 bits per heavy atom. The molecule has 7 heteroatoms. The highest BCUT2D eigenvalue weighted by Crippen LogP contribution is 2.11. The van der Waals surface area contributed by atoms with Crippen molar-refractivity contribution >= 4 is 21.1 Å². The molecule has 0 bridgehead atoms. The summed E-state index contributed by atoms with van der Waals surface area (Å²) in [5.74, 6) is -0.0289. The number of aromatic nitrogens is 2. The van der Waals surface area contributed by atoms with Crippen LogP contribution in [0.3, 0.4) is 0 Å². The molecule has 1 heterocycles. The van der Waals surface area contributed by atoms with Gasteiger partial charge in [-0.05, 0) is 36.6 Å². The van der Waals surface area contributed by atoms with Crippen molar-refractivity contribution in [3.8, 4) is 0 Å². The molecule has 0 spiro atoms. The molecule has 0 aliphatic heterocycles. The first-order valence-electron chi connectivity index (χ1n) is 7.65. The first-order chi connectivity index (χ1) is 11.4. The van der Waals surface area contributed by atoms with E-state index in [0.29, 0.717) is 13.0 Å².